The number of oxime groups is 1. The van der Waals surface area contributed by atoms with Gasteiger partial charge in [0.25, 0.3) is 0 Å². The molecule has 2 rings (SSSR count). The number of benzene rings is 2. The second-order valence-electron chi connectivity index (χ2n) is 3.80. The van der Waals surface area contributed by atoms with Gasteiger partial charge in [-0.1, -0.05) is 41.6 Å². The number of halogens is 1. The lowest BCUT2D eigenvalue weighted by Crippen LogP contribution is -1.93. The highest BCUT2D eigenvalue weighted by atomic mass is 19.1. The Balaban J connectivity index is 1.98. The Morgan fingerprint density at radius 3 is 2.68 bits per heavy atom. The van der Waals surface area contributed by atoms with Crippen LogP contribution in [0, 0.1) is 17.1 Å². The topological polar surface area (TPSA) is 45.4 Å². The third kappa shape index (κ3) is 3.39. The van der Waals surface area contributed by atoms with Crippen LogP contribution in [0.15, 0.2) is 53.7 Å². The van der Waals surface area contributed by atoms with Crippen molar-refractivity contribution in [3.8, 4) is 6.07 Å². The molecule has 0 saturated carbocycles. The molecular weight excluding hydrogens is 243 g/mol. The summed E-state index contributed by atoms with van der Waals surface area (Å²) in [5, 5.41) is 12.6. The first-order valence-corrected chi connectivity index (χ1v) is 5.69. The Hall–Kier alpha value is -2.67. The molecule has 0 atom stereocenters. The van der Waals surface area contributed by atoms with Gasteiger partial charge in [0.05, 0.1) is 17.8 Å². The molecule has 4 heteroatoms. The molecule has 94 valence electrons. The van der Waals surface area contributed by atoms with Gasteiger partial charge in [0, 0.05) is 11.1 Å². The molecule has 0 spiro atoms. The first kappa shape index (κ1) is 12.8. The Labute approximate surface area is 110 Å². The van der Waals surface area contributed by atoms with Crippen molar-refractivity contribution in [3.63, 3.8) is 0 Å². The monoisotopic (exact) mass is 254 g/mol. The molecule has 0 aliphatic carbocycles. The van der Waals surface area contributed by atoms with Crippen LogP contribution in [0.4, 0.5) is 4.39 Å². The first-order chi connectivity index (χ1) is 9.31. The van der Waals surface area contributed by atoms with Gasteiger partial charge >= 0.3 is 0 Å². The Kier molecular flexibility index (Phi) is 4.25. The number of nitrogens with zero attached hydrogens (tertiary/aromatic N) is 2. The molecule has 0 aliphatic heterocycles. The third-order valence-electron chi connectivity index (χ3n) is 2.53. The van der Waals surface area contributed by atoms with E-state index in [1.165, 1.54) is 12.3 Å². The van der Waals surface area contributed by atoms with Gasteiger partial charge in [-0.15, -0.1) is 0 Å². The highest BCUT2D eigenvalue weighted by molar-refractivity contribution is 5.79. The molecular formula is C15H11FN2O. The zero-order valence-electron chi connectivity index (χ0n) is 10.1. The van der Waals surface area contributed by atoms with E-state index in [1.807, 2.05) is 6.07 Å². The largest absolute Gasteiger partial charge is 0.391 e. The van der Waals surface area contributed by atoms with Crippen LogP contribution >= 0.6 is 0 Å². The summed E-state index contributed by atoms with van der Waals surface area (Å²) in [5.41, 5.74) is 1.65. The molecule has 2 aromatic rings. The minimum absolute atomic E-state index is 0.175. The normalized spacial score (nSPS) is 10.3. The van der Waals surface area contributed by atoms with E-state index in [9.17, 15) is 4.39 Å². The third-order valence-corrected chi connectivity index (χ3v) is 2.53. The molecule has 0 unspecified atom stereocenters. The summed E-state index contributed by atoms with van der Waals surface area (Å²) < 4.78 is 13.3. The van der Waals surface area contributed by atoms with Crippen molar-refractivity contribution in [1.29, 1.82) is 5.26 Å². The van der Waals surface area contributed by atoms with E-state index in [2.05, 4.69) is 11.2 Å². The highest BCUT2D eigenvalue weighted by Crippen LogP contribution is 2.09. The minimum atomic E-state index is -0.354. The summed E-state index contributed by atoms with van der Waals surface area (Å²) in [5.74, 6) is -0.354. The summed E-state index contributed by atoms with van der Waals surface area (Å²) in [6.07, 6.45) is 1.31. The van der Waals surface area contributed by atoms with Crippen molar-refractivity contribution in [2.75, 3.05) is 0 Å². The SMILES string of the molecule is N#Cc1ccccc1CO/N=C\c1ccccc1F. The van der Waals surface area contributed by atoms with Gasteiger partial charge in [-0.05, 0) is 12.1 Å². The summed E-state index contributed by atoms with van der Waals surface area (Å²) in [4.78, 5) is 5.07. The molecule has 0 saturated heterocycles. The zero-order chi connectivity index (χ0) is 13.5. The standard InChI is InChI=1S/C15H11FN2O/c16-15-8-4-3-6-13(15)10-18-19-11-14-7-2-1-5-12(14)9-17/h1-8,10H,11H2/b18-10-. The molecule has 19 heavy (non-hydrogen) atoms. The summed E-state index contributed by atoms with van der Waals surface area (Å²) in [7, 11) is 0. The van der Waals surface area contributed by atoms with Crippen molar-refractivity contribution >= 4 is 6.21 Å². The van der Waals surface area contributed by atoms with Crippen LogP contribution in [0.1, 0.15) is 16.7 Å². The number of rotatable bonds is 4. The van der Waals surface area contributed by atoms with E-state index < -0.39 is 0 Å². The lowest BCUT2D eigenvalue weighted by atomic mass is 10.1. The van der Waals surface area contributed by atoms with Crippen LogP contribution in [-0.4, -0.2) is 6.21 Å². The fourth-order valence-corrected chi connectivity index (χ4v) is 1.54. The maximum absolute atomic E-state index is 13.3. The zero-order valence-corrected chi connectivity index (χ0v) is 10.1. The maximum atomic E-state index is 13.3. The first-order valence-electron chi connectivity index (χ1n) is 5.69. The van der Waals surface area contributed by atoms with Gasteiger partial charge in [0.15, 0.2) is 0 Å². The predicted molar refractivity (Wildman–Crippen MR) is 69.9 cm³/mol. The molecule has 0 heterocycles. The number of nitriles is 1. The van der Waals surface area contributed by atoms with E-state index >= 15 is 0 Å². The maximum Gasteiger partial charge on any atom is 0.143 e. The molecule has 0 amide bonds. The van der Waals surface area contributed by atoms with E-state index in [1.54, 1.807) is 36.4 Å². The van der Waals surface area contributed by atoms with Gasteiger partial charge in [-0.25, -0.2) is 4.39 Å². The summed E-state index contributed by atoms with van der Waals surface area (Å²) >= 11 is 0. The molecule has 2 aromatic carbocycles. The van der Waals surface area contributed by atoms with E-state index in [-0.39, 0.29) is 12.4 Å². The van der Waals surface area contributed by atoms with Crippen LogP contribution < -0.4 is 0 Å². The fourth-order valence-electron chi connectivity index (χ4n) is 1.54. The van der Waals surface area contributed by atoms with Crippen LogP contribution in [-0.2, 0) is 11.4 Å². The lowest BCUT2D eigenvalue weighted by Gasteiger charge is -2.01. The molecule has 0 aliphatic rings. The quantitative estimate of drug-likeness (QED) is 0.621. The van der Waals surface area contributed by atoms with Gasteiger partial charge < -0.3 is 4.84 Å². The molecule has 3 nitrogen and oxygen atoms in total. The van der Waals surface area contributed by atoms with Crippen molar-refractivity contribution in [2.45, 2.75) is 6.61 Å². The van der Waals surface area contributed by atoms with Crippen LogP contribution in [0.5, 0.6) is 0 Å². The molecule has 0 radical (unpaired) electrons. The van der Waals surface area contributed by atoms with Gasteiger partial charge in [-0.3, -0.25) is 0 Å². The Bertz CT molecular complexity index is 632. The Morgan fingerprint density at radius 1 is 1.16 bits per heavy atom. The van der Waals surface area contributed by atoms with Crippen LogP contribution in [0.25, 0.3) is 0 Å². The van der Waals surface area contributed by atoms with Gasteiger partial charge in [0.1, 0.15) is 12.4 Å². The van der Waals surface area contributed by atoms with Crippen molar-refractivity contribution < 1.29 is 9.23 Å². The fraction of sp³-hybridized carbons (Fsp3) is 0.0667. The molecule has 0 bridgehead atoms. The van der Waals surface area contributed by atoms with E-state index in [0.717, 1.165) is 5.56 Å². The van der Waals surface area contributed by atoms with E-state index in [4.69, 9.17) is 10.1 Å². The van der Waals surface area contributed by atoms with E-state index in [0.29, 0.717) is 11.1 Å². The summed E-state index contributed by atoms with van der Waals surface area (Å²) in [6.45, 7) is 0.175. The smallest absolute Gasteiger partial charge is 0.143 e. The molecule has 0 aromatic heterocycles. The second-order valence-corrected chi connectivity index (χ2v) is 3.80. The second kappa shape index (κ2) is 6.31. The summed E-state index contributed by atoms with van der Waals surface area (Å²) in [6, 6.07) is 15.5. The lowest BCUT2D eigenvalue weighted by molar-refractivity contribution is 0.132. The van der Waals surface area contributed by atoms with Gasteiger partial charge in [-0.2, -0.15) is 5.26 Å². The Morgan fingerprint density at radius 2 is 1.89 bits per heavy atom. The van der Waals surface area contributed by atoms with Crippen molar-refractivity contribution in [1.82, 2.24) is 0 Å². The van der Waals surface area contributed by atoms with Crippen molar-refractivity contribution in [3.05, 3.63) is 71.0 Å². The number of hydrogen-bond acceptors (Lipinski definition) is 3. The van der Waals surface area contributed by atoms with Crippen molar-refractivity contribution in [2.24, 2.45) is 5.16 Å². The van der Waals surface area contributed by atoms with Crippen LogP contribution in [0.3, 0.4) is 0 Å². The molecule has 0 N–H and O–H groups in total. The molecule has 0 fully saturated rings. The number of hydrogen-bond donors (Lipinski definition) is 0. The predicted octanol–water partition coefficient (Wildman–Crippen LogP) is 3.25. The average Bonchev–Trinajstić information content (AvgIpc) is 2.45. The minimum Gasteiger partial charge on any atom is -0.391 e. The highest BCUT2D eigenvalue weighted by Gasteiger charge is 2.00. The average molecular weight is 254 g/mol. The van der Waals surface area contributed by atoms with Crippen LogP contribution in [0.2, 0.25) is 0 Å². The van der Waals surface area contributed by atoms with Gasteiger partial charge in [0.2, 0.25) is 0 Å².